The number of amides is 1. The third-order valence-electron chi connectivity index (χ3n) is 2.45. The molecule has 0 atom stereocenters. The Kier molecular flexibility index (Phi) is 5.06. The molecule has 6 heteroatoms. The summed E-state index contributed by atoms with van der Waals surface area (Å²) in [6, 6.07) is 15.0. The minimum atomic E-state index is -0.797. The van der Waals surface area contributed by atoms with Crippen molar-refractivity contribution in [2.24, 2.45) is 5.16 Å². The van der Waals surface area contributed by atoms with Crippen LogP contribution in [0, 0.1) is 0 Å². The Hall–Kier alpha value is -2.66. The van der Waals surface area contributed by atoms with Crippen LogP contribution in [0.3, 0.4) is 0 Å². The van der Waals surface area contributed by atoms with Gasteiger partial charge in [-0.25, -0.2) is 4.79 Å². The van der Waals surface area contributed by atoms with Crippen LogP contribution in [0.25, 0.3) is 0 Å². The molecule has 0 aliphatic heterocycles. The number of halogens is 1. The van der Waals surface area contributed by atoms with Crippen LogP contribution in [0.1, 0.15) is 10.4 Å². The third-order valence-corrected chi connectivity index (χ3v) is 2.71. The molecule has 2 aromatic carbocycles. The molecule has 21 heavy (non-hydrogen) atoms. The molecule has 0 fully saturated rings. The second kappa shape index (κ2) is 7.21. The molecule has 0 aromatic heterocycles. The average Bonchev–Trinajstić information content (AvgIpc) is 2.50. The van der Waals surface area contributed by atoms with Crippen LogP contribution in [0.2, 0.25) is 5.02 Å². The van der Waals surface area contributed by atoms with Crippen molar-refractivity contribution in [1.82, 2.24) is 0 Å². The number of nitrogens with zero attached hydrogens (tertiary/aromatic N) is 1. The van der Waals surface area contributed by atoms with Crippen LogP contribution >= 0.6 is 11.6 Å². The number of benzene rings is 2. The van der Waals surface area contributed by atoms with Crippen molar-refractivity contribution in [2.45, 2.75) is 0 Å². The van der Waals surface area contributed by atoms with E-state index in [1.807, 2.05) is 0 Å². The molecule has 106 valence electrons. The van der Waals surface area contributed by atoms with E-state index in [2.05, 4.69) is 15.3 Å². The van der Waals surface area contributed by atoms with E-state index >= 15 is 0 Å². The molecule has 2 rings (SSSR count). The van der Waals surface area contributed by atoms with E-state index in [0.29, 0.717) is 16.3 Å². The second-order valence-corrected chi connectivity index (χ2v) is 4.41. The molecule has 0 radical (unpaired) electrons. The lowest BCUT2D eigenvalue weighted by atomic mass is 10.1. The number of rotatable bonds is 4. The fourth-order valence-electron chi connectivity index (χ4n) is 1.47. The number of ketones is 1. The van der Waals surface area contributed by atoms with E-state index in [1.165, 1.54) is 0 Å². The Labute approximate surface area is 126 Å². The quantitative estimate of drug-likeness (QED) is 0.405. The van der Waals surface area contributed by atoms with Crippen molar-refractivity contribution in [3.8, 4) is 0 Å². The molecule has 0 unspecified atom stereocenters. The van der Waals surface area contributed by atoms with Crippen LogP contribution < -0.4 is 5.32 Å². The molecule has 0 saturated heterocycles. The lowest BCUT2D eigenvalue weighted by Crippen LogP contribution is -2.11. The first-order chi connectivity index (χ1) is 10.1. The Morgan fingerprint density at radius 1 is 1.05 bits per heavy atom. The number of hydrogen-bond acceptors (Lipinski definition) is 4. The number of carbonyl (C=O) groups is 2. The van der Waals surface area contributed by atoms with Crippen LogP contribution in [-0.2, 0) is 4.84 Å². The number of hydrogen-bond donors (Lipinski definition) is 1. The molecule has 0 aliphatic carbocycles. The van der Waals surface area contributed by atoms with E-state index in [-0.39, 0.29) is 5.78 Å². The summed E-state index contributed by atoms with van der Waals surface area (Å²) in [7, 11) is 0. The Bertz CT molecular complexity index is 654. The highest BCUT2D eigenvalue weighted by molar-refractivity contribution is 6.35. The van der Waals surface area contributed by atoms with Gasteiger partial charge in [-0.3, -0.25) is 14.9 Å². The van der Waals surface area contributed by atoms with Crippen molar-refractivity contribution in [2.75, 3.05) is 5.32 Å². The number of carbonyl (C=O) groups excluding carboxylic acids is 2. The largest absolute Gasteiger partial charge is 0.437 e. The Morgan fingerprint density at radius 2 is 1.71 bits per heavy atom. The first-order valence-corrected chi connectivity index (χ1v) is 6.39. The van der Waals surface area contributed by atoms with E-state index in [9.17, 15) is 9.59 Å². The van der Waals surface area contributed by atoms with Gasteiger partial charge in [0.05, 0.1) is 0 Å². The van der Waals surface area contributed by atoms with Crippen LogP contribution in [0.15, 0.2) is 59.8 Å². The highest BCUT2D eigenvalue weighted by Gasteiger charge is 2.04. The van der Waals surface area contributed by atoms with Crippen molar-refractivity contribution in [1.29, 1.82) is 0 Å². The summed E-state index contributed by atoms with van der Waals surface area (Å²) in [5.74, 6) is -0.352. The summed E-state index contributed by atoms with van der Waals surface area (Å²) in [6.07, 6.45) is 0.144. The summed E-state index contributed by atoms with van der Waals surface area (Å²) >= 11 is 5.72. The Balaban J connectivity index is 1.85. The van der Waals surface area contributed by atoms with Crippen molar-refractivity contribution in [3.63, 3.8) is 0 Å². The van der Waals surface area contributed by atoms with E-state index in [0.717, 1.165) is 6.21 Å². The van der Waals surface area contributed by atoms with Crippen molar-refractivity contribution >= 4 is 35.4 Å². The minimum Gasteiger partial charge on any atom is -0.298 e. The van der Waals surface area contributed by atoms with Crippen LogP contribution in [0.5, 0.6) is 0 Å². The maximum atomic E-state index is 11.6. The average molecular weight is 303 g/mol. The highest BCUT2D eigenvalue weighted by atomic mass is 35.5. The van der Waals surface area contributed by atoms with E-state index in [4.69, 9.17) is 11.6 Å². The van der Waals surface area contributed by atoms with Gasteiger partial charge in [-0.05, 0) is 24.3 Å². The number of oxime groups is 1. The molecule has 0 saturated carbocycles. The van der Waals surface area contributed by atoms with E-state index < -0.39 is 6.09 Å². The summed E-state index contributed by atoms with van der Waals surface area (Å²) in [4.78, 5) is 27.6. The topological polar surface area (TPSA) is 67.8 Å². The van der Waals surface area contributed by atoms with Gasteiger partial charge in [-0.2, -0.15) is 0 Å². The highest BCUT2D eigenvalue weighted by Crippen LogP contribution is 2.13. The molecular weight excluding hydrogens is 292 g/mol. The third kappa shape index (κ3) is 4.74. The van der Waals surface area contributed by atoms with Gasteiger partial charge >= 0.3 is 6.09 Å². The molecule has 2 aromatic rings. The molecule has 5 nitrogen and oxygen atoms in total. The second-order valence-electron chi connectivity index (χ2n) is 3.98. The molecule has 0 bridgehead atoms. The van der Waals surface area contributed by atoms with Crippen molar-refractivity contribution < 1.29 is 14.4 Å². The molecular formula is C15H11ClN2O3. The van der Waals surface area contributed by atoms with Gasteiger partial charge in [0.15, 0.2) is 0 Å². The minimum absolute atomic E-state index is 0.352. The van der Waals surface area contributed by atoms with Crippen LogP contribution in [0.4, 0.5) is 10.5 Å². The maximum absolute atomic E-state index is 11.6. The fourth-order valence-corrected chi connectivity index (χ4v) is 1.60. The van der Waals surface area contributed by atoms with Gasteiger partial charge in [-0.15, -0.1) is 0 Å². The lowest BCUT2D eigenvalue weighted by molar-refractivity contribution is 0.106. The van der Waals surface area contributed by atoms with Gasteiger partial charge in [0.2, 0.25) is 5.78 Å². The predicted octanol–water partition coefficient (Wildman–Crippen LogP) is 3.76. The van der Waals surface area contributed by atoms with Crippen LogP contribution in [-0.4, -0.2) is 18.1 Å². The predicted molar refractivity (Wildman–Crippen MR) is 80.8 cm³/mol. The zero-order chi connectivity index (χ0) is 15.1. The standard InChI is InChI=1S/C15H11ClN2O3/c16-12-6-8-13(9-7-12)18-15(20)21-17-10-14(19)11-4-2-1-3-5-11/h1-10H,(H,18,20). The summed E-state index contributed by atoms with van der Waals surface area (Å²) in [6.45, 7) is 0. The summed E-state index contributed by atoms with van der Waals surface area (Å²) in [5, 5.41) is 6.34. The summed E-state index contributed by atoms with van der Waals surface area (Å²) < 4.78 is 0. The molecule has 0 heterocycles. The molecule has 1 N–H and O–H groups in total. The Morgan fingerprint density at radius 3 is 2.38 bits per heavy atom. The maximum Gasteiger partial charge on any atom is 0.437 e. The van der Waals surface area contributed by atoms with Gasteiger partial charge in [0, 0.05) is 16.3 Å². The monoisotopic (exact) mass is 302 g/mol. The zero-order valence-electron chi connectivity index (χ0n) is 10.8. The lowest BCUT2D eigenvalue weighted by Gasteiger charge is -2.02. The summed E-state index contributed by atoms with van der Waals surface area (Å²) in [5.41, 5.74) is 0.969. The fraction of sp³-hybridized carbons (Fsp3) is 0. The number of Topliss-reactive ketones (excluding diaryl/α,β-unsaturated/α-hetero) is 1. The van der Waals surface area contributed by atoms with Gasteiger partial charge in [0.1, 0.15) is 6.21 Å². The first kappa shape index (κ1) is 14.7. The van der Waals surface area contributed by atoms with Gasteiger partial charge < -0.3 is 0 Å². The molecule has 1 amide bonds. The van der Waals surface area contributed by atoms with Gasteiger partial charge in [0.25, 0.3) is 0 Å². The zero-order valence-corrected chi connectivity index (χ0v) is 11.6. The van der Waals surface area contributed by atoms with Gasteiger partial charge in [-0.1, -0.05) is 47.1 Å². The molecule has 0 aliphatic rings. The SMILES string of the molecule is O=C(Nc1ccc(Cl)cc1)ON=CC(=O)c1ccccc1. The first-order valence-electron chi connectivity index (χ1n) is 6.01. The normalized spacial score (nSPS) is 10.3. The van der Waals surface area contributed by atoms with E-state index in [1.54, 1.807) is 54.6 Å². The van der Waals surface area contributed by atoms with Crippen molar-refractivity contribution in [3.05, 3.63) is 65.2 Å². The number of nitrogens with one attached hydrogen (secondary N) is 1. The molecule has 0 spiro atoms. The smallest absolute Gasteiger partial charge is 0.298 e. The number of anilines is 1.